The fourth-order valence-corrected chi connectivity index (χ4v) is 3.56. The lowest BCUT2D eigenvalue weighted by Gasteiger charge is -2.20. The third-order valence-electron chi connectivity index (χ3n) is 3.45. The molecule has 3 heteroatoms. The lowest BCUT2D eigenvalue weighted by atomic mass is 10.0. The van der Waals surface area contributed by atoms with Crippen LogP contribution in [-0.4, -0.2) is 23.0 Å². The van der Waals surface area contributed by atoms with E-state index in [1.54, 1.807) is 0 Å². The van der Waals surface area contributed by atoms with Crippen LogP contribution in [0.3, 0.4) is 0 Å². The minimum Gasteiger partial charge on any atom is -0.309 e. The highest BCUT2D eigenvalue weighted by Gasteiger charge is 2.14. The molecule has 0 aliphatic rings. The van der Waals surface area contributed by atoms with Crippen molar-refractivity contribution in [1.82, 2.24) is 10.3 Å². The molecule has 0 fully saturated rings. The molecule has 1 N–H and O–H groups in total. The number of thioether (sulfide) groups is 1. The SMILES string of the molecule is CCCNC(CSCC(C)C)c1cncc2ccccc12. The van der Waals surface area contributed by atoms with E-state index in [1.807, 2.05) is 24.2 Å². The van der Waals surface area contributed by atoms with E-state index in [0.717, 1.165) is 24.6 Å². The number of aromatic nitrogens is 1. The van der Waals surface area contributed by atoms with Crippen LogP contribution in [0.15, 0.2) is 36.7 Å². The summed E-state index contributed by atoms with van der Waals surface area (Å²) in [7, 11) is 0. The van der Waals surface area contributed by atoms with Crippen molar-refractivity contribution in [3.8, 4) is 0 Å². The van der Waals surface area contributed by atoms with Crippen LogP contribution in [0.4, 0.5) is 0 Å². The van der Waals surface area contributed by atoms with E-state index in [-0.39, 0.29) is 0 Å². The Morgan fingerprint density at radius 2 is 1.95 bits per heavy atom. The van der Waals surface area contributed by atoms with Crippen molar-refractivity contribution in [2.45, 2.75) is 33.2 Å². The molecular weight excluding hydrogens is 276 g/mol. The van der Waals surface area contributed by atoms with Crippen LogP contribution >= 0.6 is 11.8 Å². The second kappa shape index (κ2) is 8.40. The fraction of sp³-hybridized carbons (Fsp3) is 0.500. The molecule has 0 aliphatic carbocycles. The molecular formula is C18H26N2S. The molecule has 0 radical (unpaired) electrons. The molecule has 0 aliphatic heterocycles. The maximum absolute atomic E-state index is 4.44. The Hall–Kier alpha value is -1.06. The van der Waals surface area contributed by atoms with E-state index in [1.165, 1.54) is 22.1 Å². The molecule has 0 saturated carbocycles. The normalized spacial score (nSPS) is 13.0. The average molecular weight is 302 g/mol. The third kappa shape index (κ3) is 4.72. The number of fused-ring (bicyclic) bond motifs is 1. The molecule has 1 atom stereocenters. The molecule has 2 nitrogen and oxygen atoms in total. The fourth-order valence-electron chi connectivity index (χ4n) is 2.42. The largest absolute Gasteiger partial charge is 0.309 e. The zero-order chi connectivity index (χ0) is 15.1. The molecule has 0 spiro atoms. The number of nitrogens with zero attached hydrogens (tertiary/aromatic N) is 1. The van der Waals surface area contributed by atoms with Crippen molar-refractivity contribution in [2.24, 2.45) is 5.92 Å². The Balaban J connectivity index is 2.20. The molecule has 21 heavy (non-hydrogen) atoms. The minimum absolute atomic E-state index is 0.382. The number of rotatable bonds is 8. The Bertz CT molecular complexity index is 548. The summed E-state index contributed by atoms with van der Waals surface area (Å²) in [5.74, 6) is 3.06. The number of pyridine rings is 1. The van der Waals surface area contributed by atoms with Crippen LogP contribution in [-0.2, 0) is 0 Å². The van der Waals surface area contributed by atoms with Crippen LogP contribution < -0.4 is 5.32 Å². The van der Waals surface area contributed by atoms with Crippen LogP contribution in [0.5, 0.6) is 0 Å². The van der Waals surface area contributed by atoms with Gasteiger partial charge in [0, 0.05) is 29.6 Å². The first-order valence-electron chi connectivity index (χ1n) is 7.86. The predicted molar refractivity (Wildman–Crippen MR) is 94.9 cm³/mol. The van der Waals surface area contributed by atoms with Crippen LogP contribution in [0, 0.1) is 5.92 Å². The van der Waals surface area contributed by atoms with Gasteiger partial charge in [-0.1, -0.05) is 45.0 Å². The van der Waals surface area contributed by atoms with Crippen molar-refractivity contribution >= 4 is 22.5 Å². The van der Waals surface area contributed by atoms with Crippen LogP contribution in [0.1, 0.15) is 38.8 Å². The van der Waals surface area contributed by atoms with E-state index in [4.69, 9.17) is 0 Å². The average Bonchev–Trinajstić information content (AvgIpc) is 2.50. The zero-order valence-electron chi connectivity index (χ0n) is 13.3. The lowest BCUT2D eigenvalue weighted by Crippen LogP contribution is -2.24. The van der Waals surface area contributed by atoms with Gasteiger partial charge in [-0.25, -0.2) is 0 Å². The molecule has 1 heterocycles. The Morgan fingerprint density at radius 3 is 2.71 bits per heavy atom. The summed E-state index contributed by atoms with van der Waals surface area (Å²) in [5, 5.41) is 6.24. The zero-order valence-corrected chi connectivity index (χ0v) is 14.1. The van der Waals surface area contributed by atoms with Crippen LogP contribution in [0.2, 0.25) is 0 Å². The van der Waals surface area contributed by atoms with Gasteiger partial charge in [-0.3, -0.25) is 4.98 Å². The quantitative estimate of drug-likeness (QED) is 0.767. The van der Waals surface area contributed by atoms with Crippen LogP contribution in [0.25, 0.3) is 10.8 Å². The van der Waals surface area contributed by atoms with Gasteiger partial charge in [-0.05, 0) is 35.6 Å². The Kier molecular flexibility index (Phi) is 6.52. The standard InChI is InChI=1S/C18H26N2S/c1-4-9-20-18(13-21-12-14(2)3)17-11-19-10-15-7-5-6-8-16(15)17/h5-8,10-11,14,18,20H,4,9,12-13H2,1-3H3. The summed E-state index contributed by atoms with van der Waals surface area (Å²) in [4.78, 5) is 4.44. The van der Waals surface area contributed by atoms with Crippen molar-refractivity contribution < 1.29 is 0 Å². The number of hydrogen-bond acceptors (Lipinski definition) is 3. The molecule has 0 saturated heterocycles. The molecule has 1 aromatic carbocycles. The molecule has 0 bridgehead atoms. The van der Waals surface area contributed by atoms with E-state index < -0.39 is 0 Å². The van der Waals surface area contributed by atoms with Gasteiger partial charge in [-0.2, -0.15) is 11.8 Å². The Labute approximate surface area is 132 Å². The van der Waals surface area contributed by atoms with Crippen molar-refractivity contribution in [3.05, 3.63) is 42.2 Å². The topological polar surface area (TPSA) is 24.9 Å². The van der Waals surface area contributed by atoms with Crippen molar-refractivity contribution in [2.75, 3.05) is 18.1 Å². The number of hydrogen-bond donors (Lipinski definition) is 1. The van der Waals surface area contributed by atoms with E-state index in [9.17, 15) is 0 Å². The second-order valence-corrected chi connectivity index (χ2v) is 6.96. The molecule has 1 unspecified atom stereocenters. The first kappa shape index (κ1) is 16.3. The minimum atomic E-state index is 0.382. The lowest BCUT2D eigenvalue weighted by molar-refractivity contribution is 0.578. The summed E-state index contributed by atoms with van der Waals surface area (Å²) in [6.45, 7) is 7.82. The maximum atomic E-state index is 4.44. The van der Waals surface area contributed by atoms with Crippen molar-refractivity contribution in [3.63, 3.8) is 0 Å². The summed E-state index contributed by atoms with van der Waals surface area (Å²) >= 11 is 2.03. The number of benzene rings is 1. The van der Waals surface area contributed by atoms with Gasteiger partial charge in [-0.15, -0.1) is 0 Å². The van der Waals surface area contributed by atoms with Gasteiger partial charge < -0.3 is 5.32 Å². The summed E-state index contributed by atoms with van der Waals surface area (Å²) in [5.41, 5.74) is 1.33. The molecule has 1 aromatic heterocycles. The van der Waals surface area contributed by atoms with Gasteiger partial charge in [0.1, 0.15) is 0 Å². The first-order chi connectivity index (χ1) is 10.2. The number of nitrogens with one attached hydrogen (secondary N) is 1. The van der Waals surface area contributed by atoms with Crippen molar-refractivity contribution in [1.29, 1.82) is 0 Å². The highest BCUT2D eigenvalue weighted by atomic mass is 32.2. The monoisotopic (exact) mass is 302 g/mol. The predicted octanol–water partition coefficient (Wildman–Crippen LogP) is 4.66. The molecule has 0 amide bonds. The highest BCUT2D eigenvalue weighted by Crippen LogP contribution is 2.26. The van der Waals surface area contributed by atoms with E-state index in [0.29, 0.717) is 6.04 Å². The van der Waals surface area contributed by atoms with E-state index >= 15 is 0 Å². The van der Waals surface area contributed by atoms with Gasteiger partial charge in [0.05, 0.1) is 0 Å². The highest BCUT2D eigenvalue weighted by molar-refractivity contribution is 7.99. The Morgan fingerprint density at radius 1 is 1.14 bits per heavy atom. The maximum Gasteiger partial charge on any atom is 0.0433 e. The third-order valence-corrected chi connectivity index (χ3v) is 4.92. The van der Waals surface area contributed by atoms with Gasteiger partial charge in [0.2, 0.25) is 0 Å². The smallest absolute Gasteiger partial charge is 0.0433 e. The van der Waals surface area contributed by atoms with Gasteiger partial charge in [0.25, 0.3) is 0 Å². The summed E-state index contributed by atoms with van der Waals surface area (Å²) < 4.78 is 0. The van der Waals surface area contributed by atoms with Gasteiger partial charge >= 0.3 is 0 Å². The van der Waals surface area contributed by atoms with E-state index in [2.05, 4.69) is 55.3 Å². The first-order valence-corrected chi connectivity index (χ1v) is 9.01. The second-order valence-electron chi connectivity index (χ2n) is 5.89. The molecule has 2 rings (SSSR count). The molecule has 114 valence electrons. The summed E-state index contributed by atoms with van der Waals surface area (Å²) in [6, 6.07) is 8.93. The van der Waals surface area contributed by atoms with Gasteiger partial charge in [0.15, 0.2) is 0 Å². The molecule has 2 aromatic rings. The summed E-state index contributed by atoms with van der Waals surface area (Å²) in [6.07, 6.45) is 5.14.